The van der Waals surface area contributed by atoms with Crippen molar-refractivity contribution < 1.29 is 9.53 Å². The lowest BCUT2D eigenvalue weighted by Crippen LogP contribution is -2.52. The largest absolute Gasteiger partial charge is 0.375 e. The van der Waals surface area contributed by atoms with Crippen LogP contribution in [0.25, 0.3) is 0 Å². The summed E-state index contributed by atoms with van der Waals surface area (Å²) in [6.45, 7) is 7.41. The molecule has 2 saturated heterocycles. The molecule has 0 radical (unpaired) electrons. The first-order valence-corrected chi connectivity index (χ1v) is 9.64. The lowest BCUT2D eigenvalue weighted by atomic mass is 10.0. The van der Waals surface area contributed by atoms with Crippen molar-refractivity contribution in [2.24, 2.45) is 0 Å². The van der Waals surface area contributed by atoms with E-state index in [1.807, 2.05) is 17.2 Å². The molecule has 7 heteroatoms. The normalized spacial score (nSPS) is 25.6. The molecule has 0 saturated carbocycles. The van der Waals surface area contributed by atoms with Crippen LogP contribution in [-0.2, 0) is 4.74 Å². The zero-order valence-electron chi connectivity index (χ0n) is 14.9. The molecule has 0 N–H and O–H groups in total. The van der Waals surface area contributed by atoms with Gasteiger partial charge in [-0.3, -0.25) is 9.69 Å². The first kappa shape index (κ1) is 17.8. The molecule has 2 aliphatic heterocycles. The first-order chi connectivity index (χ1) is 11.5. The van der Waals surface area contributed by atoms with Gasteiger partial charge in [-0.2, -0.15) is 0 Å². The minimum atomic E-state index is 0.0674. The van der Waals surface area contributed by atoms with Crippen LogP contribution in [0.2, 0.25) is 0 Å². The molecule has 1 aromatic heterocycles. The number of carbonyl (C=O) groups excluding carboxylic acids is 1. The fourth-order valence-electron chi connectivity index (χ4n) is 3.59. The maximum atomic E-state index is 12.7. The van der Waals surface area contributed by atoms with Crippen molar-refractivity contribution >= 4 is 17.2 Å². The summed E-state index contributed by atoms with van der Waals surface area (Å²) >= 11 is 1.54. The Bertz CT molecular complexity index is 563. The molecule has 3 rings (SSSR count). The maximum absolute atomic E-state index is 12.7. The Kier molecular flexibility index (Phi) is 5.86. The second kappa shape index (κ2) is 7.91. The number of nitrogens with zero attached hydrogens (tertiary/aromatic N) is 4. The van der Waals surface area contributed by atoms with Gasteiger partial charge in [-0.1, -0.05) is 0 Å². The summed E-state index contributed by atoms with van der Waals surface area (Å²) in [6, 6.07) is 0.425. The second-order valence-corrected chi connectivity index (χ2v) is 8.00. The summed E-state index contributed by atoms with van der Waals surface area (Å²) in [5, 5.41) is 2.82. The number of hydrogen-bond donors (Lipinski definition) is 0. The van der Waals surface area contributed by atoms with Crippen LogP contribution in [0.4, 0.5) is 0 Å². The van der Waals surface area contributed by atoms with Crippen LogP contribution >= 0.6 is 11.3 Å². The van der Waals surface area contributed by atoms with E-state index >= 15 is 0 Å². The van der Waals surface area contributed by atoms with Crippen molar-refractivity contribution in [1.82, 2.24) is 19.7 Å². The Morgan fingerprint density at radius 3 is 2.88 bits per heavy atom. The number of rotatable bonds is 4. The lowest BCUT2D eigenvalue weighted by Gasteiger charge is -2.40. The molecule has 3 heterocycles. The van der Waals surface area contributed by atoms with E-state index in [0.29, 0.717) is 11.7 Å². The number of hydrogen-bond acceptors (Lipinski definition) is 6. The Morgan fingerprint density at radius 1 is 1.38 bits per heavy atom. The molecule has 24 heavy (non-hydrogen) atoms. The molecule has 0 spiro atoms. The van der Waals surface area contributed by atoms with E-state index in [1.165, 1.54) is 11.3 Å². The van der Waals surface area contributed by atoms with Gasteiger partial charge in [-0.05, 0) is 33.9 Å². The number of thiazole rings is 1. The van der Waals surface area contributed by atoms with E-state index < -0.39 is 0 Å². The van der Waals surface area contributed by atoms with Crippen molar-refractivity contribution in [2.45, 2.75) is 31.9 Å². The van der Waals surface area contributed by atoms with Crippen LogP contribution in [0.15, 0.2) is 5.38 Å². The molecule has 0 bridgehead atoms. The fraction of sp³-hybridized carbons (Fsp3) is 0.765. The Morgan fingerprint density at radius 2 is 2.17 bits per heavy atom. The molecule has 0 aliphatic carbocycles. The van der Waals surface area contributed by atoms with Crippen molar-refractivity contribution in [3.8, 4) is 0 Å². The summed E-state index contributed by atoms with van der Waals surface area (Å²) in [5.74, 6) is 0.0674. The smallest absolute Gasteiger partial charge is 0.273 e. The highest BCUT2D eigenvalue weighted by atomic mass is 32.1. The third-order valence-corrected chi connectivity index (χ3v) is 5.72. The predicted octanol–water partition coefficient (Wildman–Crippen LogP) is 1.32. The highest BCUT2D eigenvalue weighted by molar-refractivity contribution is 7.09. The third kappa shape index (κ3) is 4.14. The number of aryl methyl sites for hydroxylation is 1. The Balaban J connectivity index is 1.63. The summed E-state index contributed by atoms with van der Waals surface area (Å²) < 4.78 is 6.03. The number of likely N-dealkylation sites (tertiary alicyclic amines) is 1. The molecular weight excluding hydrogens is 324 g/mol. The highest BCUT2D eigenvalue weighted by Gasteiger charge is 2.35. The number of amides is 1. The predicted molar refractivity (Wildman–Crippen MR) is 95.6 cm³/mol. The monoisotopic (exact) mass is 352 g/mol. The fourth-order valence-corrected chi connectivity index (χ4v) is 4.18. The van der Waals surface area contributed by atoms with Gasteiger partial charge in [-0.25, -0.2) is 4.98 Å². The quantitative estimate of drug-likeness (QED) is 0.818. The van der Waals surface area contributed by atoms with E-state index in [9.17, 15) is 4.79 Å². The van der Waals surface area contributed by atoms with E-state index in [-0.39, 0.29) is 12.0 Å². The number of carbonyl (C=O) groups is 1. The maximum Gasteiger partial charge on any atom is 0.273 e. The van der Waals surface area contributed by atoms with Crippen LogP contribution in [0.1, 0.15) is 28.3 Å². The zero-order valence-corrected chi connectivity index (χ0v) is 15.7. The van der Waals surface area contributed by atoms with Gasteiger partial charge >= 0.3 is 0 Å². The van der Waals surface area contributed by atoms with Gasteiger partial charge in [0, 0.05) is 44.1 Å². The van der Waals surface area contributed by atoms with Gasteiger partial charge in [0.1, 0.15) is 5.69 Å². The van der Waals surface area contributed by atoms with E-state index in [4.69, 9.17) is 4.74 Å². The summed E-state index contributed by atoms with van der Waals surface area (Å²) in [7, 11) is 4.22. The molecule has 2 aliphatic rings. The average molecular weight is 353 g/mol. The number of aromatic nitrogens is 1. The van der Waals surface area contributed by atoms with Crippen LogP contribution in [0.5, 0.6) is 0 Å². The van der Waals surface area contributed by atoms with Gasteiger partial charge in [0.2, 0.25) is 0 Å². The molecule has 1 amide bonds. The average Bonchev–Trinajstić information content (AvgIpc) is 2.87. The summed E-state index contributed by atoms with van der Waals surface area (Å²) in [4.78, 5) is 23.8. The molecule has 6 nitrogen and oxygen atoms in total. The van der Waals surface area contributed by atoms with Gasteiger partial charge < -0.3 is 14.5 Å². The van der Waals surface area contributed by atoms with Gasteiger partial charge in [0.05, 0.1) is 17.7 Å². The van der Waals surface area contributed by atoms with Crippen LogP contribution in [-0.4, -0.2) is 91.2 Å². The molecule has 1 aromatic rings. The van der Waals surface area contributed by atoms with E-state index in [0.717, 1.165) is 57.2 Å². The summed E-state index contributed by atoms with van der Waals surface area (Å²) in [5.41, 5.74) is 0.591. The van der Waals surface area contributed by atoms with Crippen molar-refractivity contribution in [3.05, 3.63) is 16.1 Å². The van der Waals surface area contributed by atoms with Gasteiger partial charge in [-0.15, -0.1) is 11.3 Å². The molecule has 2 unspecified atom stereocenters. The second-order valence-electron chi connectivity index (χ2n) is 6.94. The Labute approximate surface area is 148 Å². The summed E-state index contributed by atoms with van der Waals surface area (Å²) in [6.07, 6.45) is 2.14. The van der Waals surface area contributed by atoms with Crippen molar-refractivity contribution in [2.75, 3.05) is 53.4 Å². The third-order valence-electron chi connectivity index (χ3n) is 4.95. The minimum absolute atomic E-state index is 0.0674. The molecule has 2 atom stereocenters. The van der Waals surface area contributed by atoms with Crippen molar-refractivity contribution in [3.63, 3.8) is 0 Å². The standard InChI is InChI=1S/C17H28N4O2S/c1-13-18-14(12-24-13)17(22)21-6-4-15-16(5-7-21)23-11-10-20(15)9-8-19(2)3/h12,15-16H,4-11H2,1-3H3. The Hall–Kier alpha value is -1.02. The van der Waals surface area contributed by atoms with E-state index in [2.05, 4.69) is 28.9 Å². The minimum Gasteiger partial charge on any atom is -0.375 e. The number of morpholine rings is 1. The SMILES string of the molecule is Cc1nc(C(=O)N2CCC3OCCN(CCN(C)C)C3CC2)cs1. The highest BCUT2D eigenvalue weighted by Crippen LogP contribution is 2.24. The lowest BCUT2D eigenvalue weighted by molar-refractivity contribution is -0.0724. The first-order valence-electron chi connectivity index (χ1n) is 8.76. The van der Waals surface area contributed by atoms with Crippen LogP contribution < -0.4 is 0 Å². The number of likely N-dealkylation sites (N-methyl/N-ethyl adjacent to an activating group) is 1. The van der Waals surface area contributed by atoms with Crippen LogP contribution in [0.3, 0.4) is 0 Å². The zero-order chi connectivity index (χ0) is 17.1. The van der Waals surface area contributed by atoms with Gasteiger partial charge in [0.15, 0.2) is 0 Å². The van der Waals surface area contributed by atoms with E-state index in [1.54, 1.807) is 0 Å². The molecule has 134 valence electrons. The number of fused-ring (bicyclic) bond motifs is 1. The van der Waals surface area contributed by atoms with Gasteiger partial charge in [0.25, 0.3) is 5.91 Å². The topological polar surface area (TPSA) is 48.9 Å². The molecule has 2 fully saturated rings. The number of ether oxygens (including phenoxy) is 1. The van der Waals surface area contributed by atoms with Crippen LogP contribution in [0, 0.1) is 6.92 Å². The van der Waals surface area contributed by atoms with Crippen molar-refractivity contribution in [1.29, 1.82) is 0 Å². The molecular formula is C17H28N4O2S. The molecule has 0 aromatic carbocycles.